The maximum absolute atomic E-state index is 13.4. The number of morpholine rings is 1. The van der Waals surface area contributed by atoms with E-state index in [0.29, 0.717) is 41.7 Å². The third-order valence-electron chi connectivity index (χ3n) is 6.43. The Morgan fingerprint density at radius 3 is 2.57 bits per heavy atom. The Bertz CT molecular complexity index is 1840. The zero-order valence-corrected chi connectivity index (χ0v) is 24.8. The number of amides is 1. The van der Waals surface area contributed by atoms with Gasteiger partial charge in [-0.2, -0.15) is 5.10 Å². The van der Waals surface area contributed by atoms with Crippen molar-refractivity contribution in [3.63, 3.8) is 0 Å². The molecule has 0 atom stereocenters. The van der Waals surface area contributed by atoms with Gasteiger partial charge in [-0.25, -0.2) is 27.5 Å². The molecule has 5 rings (SSSR count). The van der Waals surface area contributed by atoms with Gasteiger partial charge in [-0.15, -0.1) is 11.3 Å². The standard InChI is InChI=1S/C28H28FN7O4S2/c1-17(31-28(37)23-15-24(42(4,38)39)36(34-23)21-7-5-20(29)6-8-21)16-30-19(3)18(2)26-32-22-9-14-41-25(22)27(33-26)35-10-12-40-13-11-35/h5-9,14-16H,2,10-13H2,1,3-4H3,(H,31,37)/b17-16+,30-19-. The number of ether oxygens (including phenoxy) is 1. The van der Waals surface area contributed by atoms with Gasteiger partial charge in [-0.05, 0) is 49.6 Å². The van der Waals surface area contributed by atoms with E-state index in [0.717, 1.165) is 40.1 Å². The van der Waals surface area contributed by atoms with Crippen LogP contribution in [0.4, 0.5) is 10.2 Å². The van der Waals surface area contributed by atoms with Gasteiger partial charge < -0.3 is 15.0 Å². The van der Waals surface area contributed by atoms with Crippen LogP contribution in [-0.4, -0.2) is 72.3 Å². The number of nitrogens with zero attached hydrogens (tertiary/aromatic N) is 6. The molecule has 1 fully saturated rings. The third-order valence-corrected chi connectivity index (χ3v) is 8.38. The van der Waals surface area contributed by atoms with Gasteiger partial charge in [0.2, 0.25) is 0 Å². The fourth-order valence-corrected chi connectivity index (χ4v) is 5.82. The van der Waals surface area contributed by atoms with Gasteiger partial charge in [-0.3, -0.25) is 9.79 Å². The SMILES string of the molecule is C=C(/C(C)=N\C=C(/C)NC(=O)c1cc(S(C)(=O)=O)n(-c2ccc(F)cc2)n1)c1nc(N2CCOCC2)c2sccc2n1. The van der Waals surface area contributed by atoms with Crippen LogP contribution >= 0.6 is 11.3 Å². The van der Waals surface area contributed by atoms with Crippen LogP contribution in [0, 0.1) is 5.82 Å². The van der Waals surface area contributed by atoms with Gasteiger partial charge in [-0.1, -0.05) is 6.58 Å². The number of hydrogen-bond acceptors (Lipinski definition) is 10. The second kappa shape index (κ2) is 11.9. The zero-order valence-electron chi connectivity index (χ0n) is 23.2. The van der Waals surface area contributed by atoms with Crippen LogP contribution in [0.5, 0.6) is 0 Å². The molecule has 1 aromatic carbocycles. The molecular formula is C28H28FN7O4S2. The fraction of sp³-hybridized carbons (Fsp3) is 0.250. The van der Waals surface area contributed by atoms with Gasteiger partial charge in [0.05, 0.1) is 29.1 Å². The highest BCUT2D eigenvalue weighted by molar-refractivity contribution is 7.90. The van der Waals surface area contributed by atoms with Crippen molar-refractivity contribution in [2.24, 2.45) is 4.99 Å². The molecule has 218 valence electrons. The van der Waals surface area contributed by atoms with Gasteiger partial charge >= 0.3 is 0 Å². The number of fused-ring (bicyclic) bond motifs is 1. The summed E-state index contributed by atoms with van der Waals surface area (Å²) >= 11 is 1.59. The van der Waals surface area contributed by atoms with Crippen LogP contribution in [0.15, 0.2) is 70.3 Å². The van der Waals surface area contributed by atoms with Crippen LogP contribution in [0.3, 0.4) is 0 Å². The van der Waals surface area contributed by atoms with Crippen molar-refractivity contribution >= 4 is 54.4 Å². The predicted molar refractivity (Wildman–Crippen MR) is 160 cm³/mol. The molecule has 0 unspecified atom stereocenters. The zero-order chi connectivity index (χ0) is 30.0. The van der Waals surface area contributed by atoms with E-state index in [1.54, 1.807) is 25.2 Å². The molecule has 0 radical (unpaired) electrons. The summed E-state index contributed by atoms with van der Waals surface area (Å²) in [6.07, 6.45) is 2.46. The number of hydrogen-bond donors (Lipinski definition) is 1. The highest BCUT2D eigenvalue weighted by Gasteiger charge is 2.22. The number of allylic oxidation sites excluding steroid dienone is 2. The Balaban J connectivity index is 1.35. The Morgan fingerprint density at radius 2 is 1.88 bits per heavy atom. The molecule has 4 heterocycles. The molecule has 0 spiro atoms. The number of anilines is 1. The van der Waals surface area contributed by atoms with Crippen molar-refractivity contribution in [2.75, 3.05) is 37.5 Å². The van der Waals surface area contributed by atoms with Crippen molar-refractivity contribution < 1.29 is 22.3 Å². The fourth-order valence-electron chi connectivity index (χ4n) is 4.19. The molecule has 3 aromatic heterocycles. The number of carbonyl (C=O) groups is 1. The monoisotopic (exact) mass is 609 g/mol. The van der Waals surface area contributed by atoms with E-state index in [1.807, 2.05) is 11.4 Å². The van der Waals surface area contributed by atoms with Crippen molar-refractivity contribution in [3.05, 3.63) is 77.6 Å². The molecule has 1 saturated heterocycles. The van der Waals surface area contributed by atoms with Crippen molar-refractivity contribution in [1.29, 1.82) is 0 Å². The Kier molecular flexibility index (Phi) is 8.29. The average molecular weight is 610 g/mol. The number of rotatable bonds is 8. The first-order valence-electron chi connectivity index (χ1n) is 12.9. The van der Waals surface area contributed by atoms with Crippen LogP contribution in [-0.2, 0) is 14.6 Å². The molecular weight excluding hydrogens is 581 g/mol. The Hall–Kier alpha value is -4.27. The topological polar surface area (TPSA) is 132 Å². The summed E-state index contributed by atoms with van der Waals surface area (Å²) in [5.74, 6) is 0.177. The molecule has 42 heavy (non-hydrogen) atoms. The number of nitrogens with one attached hydrogen (secondary N) is 1. The van der Waals surface area contributed by atoms with Crippen LogP contribution in [0.25, 0.3) is 21.5 Å². The van der Waals surface area contributed by atoms with E-state index < -0.39 is 21.6 Å². The lowest BCUT2D eigenvalue weighted by Crippen LogP contribution is -2.37. The maximum atomic E-state index is 13.4. The number of sulfone groups is 1. The number of aliphatic imine (C=N–C) groups is 1. The van der Waals surface area contributed by atoms with Crippen LogP contribution < -0.4 is 10.2 Å². The number of carbonyl (C=O) groups excluding carboxylic acids is 1. The summed E-state index contributed by atoms with van der Waals surface area (Å²) in [5.41, 5.74) is 2.45. The maximum Gasteiger partial charge on any atom is 0.276 e. The molecule has 0 bridgehead atoms. The van der Waals surface area contributed by atoms with Crippen molar-refractivity contribution in [3.8, 4) is 5.69 Å². The summed E-state index contributed by atoms with van der Waals surface area (Å²) < 4.78 is 45.7. The Labute approximate surface area is 246 Å². The quantitative estimate of drug-likeness (QED) is 0.297. The second-order valence-corrected chi connectivity index (χ2v) is 12.5. The molecule has 4 aromatic rings. The minimum atomic E-state index is -3.75. The van der Waals surface area contributed by atoms with E-state index >= 15 is 0 Å². The number of aromatic nitrogens is 4. The summed E-state index contributed by atoms with van der Waals surface area (Å²) in [6, 6.07) is 8.21. The summed E-state index contributed by atoms with van der Waals surface area (Å²) in [4.78, 5) is 29.1. The van der Waals surface area contributed by atoms with Gasteiger partial charge in [0.15, 0.2) is 32.2 Å². The highest BCUT2D eigenvalue weighted by atomic mass is 32.2. The number of benzene rings is 1. The first-order valence-corrected chi connectivity index (χ1v) is 15.6. The minimum absolute atomic E-state index is 0.134. The minimum Gasteiger partial charge on any atom is -0.378 e. The largest absolute Gasteiger partial charge is 0.378 e. The molecule has 14 heteroatoms. The van der Waals surface area contributed by atoms with Gasteiger partial charge in [0.1, 0.15) is 5.82 Å². The lowest BCUT2D eigenvalue weighted by molar-refractivity contribution is 0.0960. The second-order valence-electron chi connectivity index (χ2n) is 9.59. The molecule has 0 aliphatic carbocycles. The average Bonchev–Trinajstić information content (AvgIpc) is 3.64. The first kappa shape index (κ1) is 29.2. The highest BCUT2D eigenvalue weighted by Crippen LogP contribution is 2.31. The van der Waals surface area contributed by atoms with E-state index in [4.69, 9.17) is 9.72 Å². The summed E-state index contributed by atoms with van der Waals surface area (Å²) in [7, 11) is -3.75. The predicted octanol–water partition coefficient (Wildman–Crippen LogP) is 4.02. The van der Waals surface area contributed by atoms with E-state index in [-0.39, 0.29) is 10.7 Å². The molecule has 1 N–H and O–H groups in total. The molecule has 1 aliphatic heterocycles. The van der Waals surface area contributed by atoms with Crippen molar-refractivity contribution in [1.82, 2.24) is 25.1 Å². The number of thiophene rings is 1. The van der Waals surface area contributed by atoms with Crippen LogP contribution in [0.2, 0.25) is 0 Å². The molecule has 11 nitrogen and oxygen atoms in total. The van der Waals surface area contributed by atoms with E-state index in [1.165, 1.54) is 36.5 Å². The number of halogens is 1. The third kappa shape index (κ3) is 6.30. The summed E-state index contributed by atoms with van der Waals surface area (Å²) in [5, 5.41) is 8.60. The lowest BCUT2D eigenvalue weighted by atomic mass is 10.2. The van der Waals surface area contributed by atoms with Crippen molar-refractivity contribution in [2.45, 2.75) is 18.9 Å². The van der Waals surface area contributed by atoms with Crippen LogP contribution in [0.1, 0.15) is 30.2 Å². The smallest absolute Gasteiger partial charge is 0.276 e. The Morgan fingerprint density at radius 1 is 1.17 bits per heavy atom. The summed E-state index contributed by atoms with van der Waals surface area (Å²) in [6.45, 7) is 10.3. The van der Waals surface area contributed by atoms with Gasteiger partial charge in [0.25, 0.3) is 5.91 Å². The van der Waals surface area contributed by atoms with E-state index in [9.17, 15) is 17.6 Å². The molecule has 1 amide bonds. The van der Waals surface area contributed by atoms with Gasteiger partial charge in [0, 0.05) is 48.6 Å². The normalized spacial score (nSPS) is 14.8. The first-order chi connectivity index (χ1) is 20.0. The lowest BCUT2D eigenvalue weighted by Gasteiger charge is -2.28. The molecule has 1 aliphatic rings. The van der Waals surface area contributed by atoms with E-state index in [2.05, 4.69) is 31.9 Å². The molecule has 0 saturated carbocycles.